The summed E-state index contributed by atoms with van der Waals surface area (Å²) in [7, 11) is 3.80. The van der Waals surface area contributed by atoms with E-state index < -0.39 is 0 Å². The molecule has 0 bridgehead atoms. The molecule has 1 aromatic rings. The van der Waals surface area contributed by atoms with Crippen molar-refractivity contribution in [3.63, 3.8) is 0 Å². The fourth-order valence-corrected chi connectivity index (χ4v) is 1.90. The summed E-state index contributed by atoms with van der Waals surface area (Å²) in [5.41, 5.74) is 1.28. The van der Waals surface area contributed by atoms with Gasteiger partial charge in [-0.25, -0.2) is 4.98 Å². The molecule has 1 unspecified atom stereocenters. The standard InChI is InChI=1S/C14H25N3O/c1-5-15-12(2)13-7-8-16-14(11-13)17(3)9-6-10-18-4/h7-8,11-12,15H,5-6,9-10H2,1-4H3. The van der Waals surface area contributed by atoms with Gasteiger partial charge >= 0.3 is 0 Å². The van der Waals surface area contributed by atoms with Crippen LogP contribution in [0.5, 0.6) is 0 Å². The average molecular weight is 251 g/mol. The number of hydrogen-bond acceptors (Lipinski definition) is 4. The molecule has 4 nitrogen and oxygen atoms in total. The van der Waals surface area contributed by atoms with Crippen molar-refractivity contribution in [1.82, 2.24) is 10.3 Å². The predicted molar refractivity (Wildman–Crippen MR) is 76.1 cm³/mol. The highest BCUT2D eigenvalue weighted by atomic mass is 16.5. The van der Waals surface area contributed by atoms with E-state index in [1.165, 1.54) is 5.56 Å². The molecule has 1 atom stereocenters. The maximum atomic E-state index is 5.06. The van der Waals surface area contributed by atoms with Gasteiger partial charge < -0.3 is 15.0 Å². The minimum Gasteiger partial charge on any atom is -0.385 e. The zero-order valence-electron chi connectivity index (χ0n) is 11.9. The van der Waals surface area contributed by atoms with Gasteiger partial charge in [0.1, 0.15) is 5.82 Å². The summed E-state index contributed by atoms with van der Waals surface area (Å²) in [5.74, 6) is 1.02. The SMILES string of the molecule is CCNC(C)c1ccnc(N(C)CCCOC)c1. The van der Waals surface area contributed by atoms with Gasteiger partial charge in [0, 0.05) is 39.5 Å². The molecular formula is C14H25N3O. The second kappa shape index (κ2) is 8.06. The van der Waals surface area contributed by atoms with Gasteiger partial charge in [-0.2, -0.15) is 0 Å². The number of methoxy groups -OCH3 is 1. The van der Waals surface area contributed by atoms with Gasteiger partial charge in [0.25, 0.3) is 0 Å². The van der Waals surface area contributed by atoms with Crippen LogP contribution in [0.25, 0.3) is 0 Å². The van der Waals surface area contributed by atoms with E-state index in [9.17, 15) is 0 Å². The number of nitrogens with zero attached hydrogens (tertiary/aromatic N) is 2. The molecule has 0 aliphatic rings. The van der Waals surface area contributed by atoms with Crippen molar-refractivity contribution < 1.29 is 4.74 Å². The second-order valence-corrected chi connectivity index (χ2v) is 4.49. The van der Waals surface area contributed by atoms with E-state index in [2.05, 4.69) is 48.2 Å². The van der Waals surface area contributed by atoms with E-state index in [0.29, 0.717) is 6.04 Å². The van der Waals surface area contributed by atoms with Gasteiger partial charge in [0.05, 0.1) is 0 Å². The van der Waals surface area contributed by atoms with Crippen molar-refractivity contribution in [2.75, 3.05) is 38.8 Å². The molecule has 0 saturated heterocycles. The van der Waals surface area contributed by atoms with Crippen LogP contribution >= 0.6 is 0 Å². The Hall–Kier alpha value is -1.13. The van der Waals surface area contributed by atoms with Gasteiger partial charge in [-0.1, -0.05) is 6.92 Å². The Balaban J connectivity index is 2.63. The number of nitrogens with one attached hydrogen (secondary N) is 1. The molecule has 1 N–H and O–H groups in total. The Labute approximate surface area is 110 Å². The number of anilines is 1. The number of hydrogen-bond donors (Lipinski definition) is 1. The molecule has 102 valence electrons. The summed E-state index contributed by atoms with van der Waals surface area (Å²) in [6, 6.07) is 4.59. The van der Waals surface area contributed by atoms with E-state index in [1.807, 2.05) is 6.20 Å². The summed E-state index contributed by atoms with van der Waals surface area (Å²) < 4.78 is 5.06. The Morgan fingerprint density at radius 3 is 2.94 bits per heavy atom. The third-order valence-electron chi connectivity index (χ3n) is 3.01. The fraction of sp³-hybridized carbons (Fsp3) is 0.643. The topological polar surface area (TPSA) is 37.4 Å². The lowest BCUT2D eigenvalue weighted by atomic mass is 10.1. The molecule has 1 heterocycles. The van der Waals surface area contributed by atoms with Crippen molar-refractivity contribution in [2.24, 2.45) is 0 Å². The van der Waals surface area contributed by atoms with Crippen LogP contribution in [0.3, 0.4) is 0 Å². The van der Waals surface area contributed by atoms with Crippen LogP contribution in [0.1, 0.15) is 31.9 Å². The third kappa shape index (κ3) is 4.63. The lowest BCUT2D eigenvalue weighted by Gasteiger charge is -2.20. The lowest BCUT2D eigenvalue weighted by molar-refractivity contribution is 0.196. The van der Waals surface area contributed by atoms with E-state index in [-0.39, 0.29) is 0 Å². The van der Waals surface area contributed by atoms with Gasteiger partial charge in [-0.05, 0) is 37.6 Å². The molecule has 0 aliphatic heterocycles. The smallest absolute Gasteiger partial charge is 0.128 e. The molecule has 0 spiro atoms. The van der Waals surface area contributed by atoms with Gasteiger partial charge in [-0.15, -0.1) is 0 Å². The van der Waals surface area contributed by atoms with Crippen LogP contribution in [0, 0.1) is 0 Å². The van der Waals surface area contributed by atoms with Gasteiger partial charge in [0.15, 0.2) is 0 Å². The first-order valence-electron chi connectivity index (χ1n) is 6.58. The first kappa shape index (κ1) is 14.9. The number of aromatic nitrogens is 1. The molecule has 0 radical (unpaired) electrons. The summed E-state index contributed by atoms with van der Waals surface area (Å²) in [6.07, 6.45) is 2.90. The predicted octanol–water partition coefficient (Wildman–Crippen LogP) is 2.22. The summed E-state index contributed by atoms with van der Waals surface area (Å²) in [4.78, 5) is 6.59. The van der Waals surface area contributed by atoms with Crippen LogP contribution in [-0.2, 0) is 4.74 Å². The van der Waals surface area contributed by atoms with Crippen LogP contribution < -0.4 is 10.2 Å². The fourth-order valence-electron chi connectivity index (χ4n) is 1.90. The van der Waals surface area contributed by atoms with Gasteiger partial charge in [0.2, 0.25) is 0 Å². The van der Waals surface area contributed by atoms with Crippen molar-refractivity contribution in [3.05, 3.63) is 23.9 Å². The molecule has 18 heavy (non-hydrogen) atoms. The van der Waals surface area contributed by atoms with Crippen molar-refractivity contribution >= 4 is 5.82 Å². The summed E-state index contributed by atoms with van der Waals surface area (Å²) >= 11 is 0. The summed E-state index contributed by atoms with van der Waals surface area (Å²) in [5, 5.41) is 3.41. The van der Waals surface area contributed by atoms with Crippen LogP contribution in [0.4, 0.5) is 5.82 Å². The third-order valence-corrected chi connectivity index (χ3v) is 3.01. The zero-order chi connectivity index (χ0) is 13.4. The van der Waals surface area contributed by atoms with E-state index in [0.717, 1.165) is 31.9 Å². The average Bonchev–Trinajstić information content (AvgIpc) is 2.39. The number of rotatable bonds is 8. The second-order valence-electron chi connectivity index (χ2n) is 4.49. The molecule has 1 aromatic heterocycles. The number of ether oxygens (including phenoxy) is 1. The Morgan fingerprint density at radius 2 is 2.28 bits per heavy atom. The summed E-state index contributed by atoms with van der Waals surface area (Å²) in [6.45, 7) is 7.02. The largest absolute Gasteiger partial charge is 0.385 e. The molecule has 0 amide bonds. The van der Waals surface area contributed by atoms with Crippen molar-refractivity contribution in [2.45, 2.75) is 26.3 Å². The minimum atomic E-state index is 0.365. The lowest BCUT2D eigenvalue weighted by Crippen LogP contribution is -2.22. The maximum absolute atomic E-state index is 5.06. The Kier molecular flexibility index (Phi) is 6.68. The first-order valence-corrected chi connectivity index (χ1v) is 6.58. The molecule has 0 aliphatic carbocycles. The first-order chi connectivity index (χ1) is 8.69. The molecule has 1 rings (SSSR count). The Bertz CT molecular complexity index is 344. The van der Waals surface area contributed by atoms with E-state index >= 15 is 0 Å². The van der Waals surface area contributed by atoms with Crippen LogP contribution in [-0.4, -0.2) is 38.8 Å². The van der Waals surface area contributed by atoms with Crippen molar-refractivity contribution in [3.8, 4) is 0 Å². The minimum absolute atomic E-state index is 0.365. The van der Waals surface area contributed by atoms with Crippen LogP contribution in [0.2, 0.25) is 0 Å². The van der Waals surface area contributed by atoms with Crippen LogP contribution in [0.15, 0.2) is 18.3 Å². The zero-order valence-corrected chi connectivity index (χ0v) is 11.9. The molecule has 0 fully saturated rings. The molecule has 0 aromatic carbocycles. The highest BCUT2D eigenvalue weighted by molar-refractivity contribution is 5.40. The number of pyridine rings is 1. The quantitative estimate of drug-likeness (QED) is 0.719. The molecular weight excluding hydrogens is 226 g/mol. The molecule has 4 heteroatoms. The Morgan fingerprint density at radius 1 is 1.50 bits per heavy atom. The van der Waals surface area contributed by atoms with E-state index in [1.54, 1.807) is 7.11 Å². The van der Waals surface area contributed by atoms with Crippen molar-refractivity contribution in [1.29, 1.82) is 0 Å². The van der Waals surface area contributed by atoms with Gasteiger partial charge in [-0.3, -0.25) is 0 Å². The molecule has 0 saturated carbocycles. The normalized spacial score (nSPS) is 12.4. The highest BCUT2D eigenvalue weighted by Crippen LogP contribution is 2.17. The van der Waals surface area contributed by atoms with E-state index in [4.69, 9.17) is 4.74 Å². The maximum Gasteiger partial charge on any atom is 0.128 e. The monoisotopic (exact) mass is 251 g/mol. The highest BCUT2D eigenvalue weighted by Gasteiger charge is 2.07.